The highest BCUT2D eigenvalue weighted by atomic mass is 79.9. The monoisotopic (exact) mass is 332 g/mol. The van der Waals surface area contributed by atoms with E-state index in [4.69, 9.17) is 0 Å². The second kappa shape index (κ2) is 5.14. The van der Waals surface area contributed by atoms with Crippen LogP contribution in [-0.4, -0.2) is 22.2 Å². The van der Waals surface area contributed by atoms with Gasteiger partial charge in [0.1, 0.15) is 5.82 Å². The lowest BCUT2D eigenvalue weighted by atomic mass is 9.70. The SMILES string of the molecule is CC1(C)CCSCC1(O)Cc1cccc(F)c1Br. The van der Waals surface area contributed by atoms with Crippen LogP contribution in [0.1, 0.15) is 25.8 Å². The lowest BCUT2D eigenvalue weighted by molar-refractivity contribution is -0.0514. The highest BCUT2D eigenvalue weighted by Gasteiger charge is 2.45. The minimum atomic E-state index is -0.772. The minimum Gasteiger partial charge on any atom is -0.388 e. The first-order valence-corrected chi connectivity index (χ1v) is 8.03. The summed E-state index contributed by atoms with van der Waals surface area (Å²) < 4.78 is 14.0. The largest absolute Gasteiger partial charge is 0.388 e. The lowest BCUT2D eigenvalue weighted by Crippen LogP contribution is -2.51. The van der Waals surface area contributed by atoms with Crippen molar-refractivity contribution in [2.75, 3.05) is 11.5 Å². The van der Waals surface area contributed by atoms with Gasteiger partial charge >= 0.3 is 0 Å². The Bertz CT molecular complexity index is 449. The summed E-state index contributed by atoms with van der Waals surface area (Å²) in [5.41, 5.74) is -0.0657. The van der Waals surface area contributed by atoms with Crippen molar-refractivity contribution in [1.29, 1.82) is 0 Å². The van der Waals surface area contributed by atoms with Gasteiger partial charge in [-0.1, -0.05) is 26.0 Å². The standard InChI is InChI=1S/C14H18BrFOS/c1-13(2)6-7-18-9-14(13,17)8-10-4-3-5-11(16)12(10)15/h3-5,17H,6-9H2,1-2H3. The van der Waals surface area contributed by atoms with Crippen LogP contribution in [0.2, 0.25) is 0 Å². The predicted molar refractivity (Wildman–Crippen MR) is 78.5 cm³/mol. The lowest BCUT2D eigenvalue weighted by Gasteiger charge is -2.46. The molecule has 1 saturated heterocycles. The average molecular weight is 333 g/mol. The Kier molecular flexibility index (Phi) is 4.10. The first-order chi connectivity index (χ1) is 8.36. The van der Waals surface area contributed by atoms with Crippen LogP contribution in [0.3, 0.4) is 0 Å². The minimum absolute atomic E-state index is 0.135. The molecular weight excluding hydrogens is 315 g/mol. The van der Waals surface area contributed by atoms with Crippen LogP contribution in [0.25, 0.3) is 0 Å². The van der Waals surface area contributed by atoms with Gasteiger partial charge in [-0.3, -0.25) is 0 Å². The molecule has 0 aromatic heterocycles. The molecule has 1 aliphatic heterocycles. The fourth-order valence-electron chi connectivity index (χ4n) is 2.29. The third-order valence-corrected chi connectivity index (χ3v) is 6.05. The summed E-state index contributed by atoms with van der Waals surface area (Å²) in [6.45, 7) is 4.19. The van der Waals surface area contributed by atoms with Crippen molar-refractivity contribution in [2.45, 2.75) is 32.3 Å². The number of thioether (sulfide) groups is 1. The third-order valence-electron chi connectivity index (χ3n) is 3.99. The topological polar surface area (TPSA) is 20.2 Å². The normalized spacial score (nSPS) is 27.2. The zero-order valence-corrected chi connectivity index (χ0v) is 13.1. The van der Waals surface area contributed by atoms with Crippen LogP contribution in [-0.2, 0) is 6.42 Å². The van der Waals surface area contributed by atoms with Gasteiger partial charge < -0.3 is 5.11 Å². The van der Waals surface area contributed by atoms with Gasteiger partial charge in [0.2, 0.25) is 0 Å². The molecule has 4 heteroatoms. The number of benzene rings is 1. The van der Waals surface area contributed by atoms with Gasteiger partial charge in [0, 0.05) is 12.2 Å². The maximum absolute atomic E-state index is 13.5. The highest BCUT2D eigenvalue weighted by molar-refractivity contribution is 9.10. The quantitative estimate of drug-likeness (QED) is 0.882. The molecule has 1 heterocycles. The van der Waals surface area contributed by atoms with Crippen LogP contribution in [0.4, 0.5) is 4.39 Å². The molecule has 1 N–H and O–H groups in total. The number of halogens is 2. The Morgan fingerprint density at radius 1 is 1.44 bits per heavy atom. The van der Waals surface area contributed by atoms with E-state index < -0.39 is 5.60 Å². The van der Waals surface area contributed by atoms with Crippen molar-refractivity contribution in [3.63, 3.8) is 0 Å². The van der Waals surface area contributed by atoms with Crippen molar-refractivity contribution in [2.24, 2.45) is 5.41 Å². The molecule has 2 rings (SSSR count). The predicted octanol–water partition coefficient (Wildman–Crippen LogP) is 4.02. The second-order valence-electron chi connectivity index (χ2n) is 5.61. The van der Waals surface area contributed by atoms with E-state index in [1.165, 1.54) is 6.07 Å². The van der Waals surface area contributed by atoms with Gasteiger partial charge in [0.15, 0.2) is 0 Å². The van der Waals surface area contributed by atoms with Crippen molar-refractivity contribution in [3.05, 3.63) is 34.1 Å². The first kappa shape index (κ1) is 14.4. The van der Waals surface area contributed by atoms with E-state index in [2.05, 4.69) is 29.8 Å². The number of rotatable bonds is 2. The fraction of sp³-hybridized carbons (Fsp3) is 0.571. The Morgan fingerprint density at radius 2 is 2.17 bits per heavy atom. The molecule has 0 aliphatic carbocycles. The van der Waals surface area contributed by atoms with E-state index in [1.54, 1.807) is 17.8 Å². The van der Waals surface area contributed by atoms with E-state index in [9.17, 15) is 9.50 Å². The number of hydrogen-bond donors (Lipinski definition) is 1. The number of aliphatic hydroxyl groups is 1. The van der Waals surface area contributed by atoms with Crippen molar-refractivity contribution < 1.29 is 9.50 Å². The Hall–Kier alpha value is -0.0600. The molecule has 0 bridgehead atoms. The molecule has 0 saturated carbocycles. The van der Waals surface area contributed by atoms with Gasteiger partial charge in [0.05, 0.1) is 10.1 Å². The maximum Gasteiger partial charge on any atom is 0.137 e. The summed E-state index contributed by atoms with van der Waals surface area (Å²) in [6, 6.07) is 5.00. The summed E-state index contributed by atoms with van der Waals surface area (Å²) in [5, 5.41) is 10.9. The van der Waals surface area contributed by atoms with E-state index in [0.29, 0.717) is 16.6 Å². The van der Waals surface area contributed by atoms with Crippen molar-refractivity contribution >= 4 is 27.7 Å². The molecule has 18 heavy (non-hydrogen) atoms. The molecule has 1 fully saturated rings. The van der Waals surface area contributed by atoms with E-state index in [-0.39, 0.29) is 11.2 Å². The zero-order valence-electron chi connectivity index (χ0n) is 10.7. The smallest absolute Gasteiger partial charge is 0.137 e. The van der Waals surface area contributed by atoms with Gasteiger partial charge in [-0.25, -0.2) is 4.39 Å². The van der Waals surface area contributed by atoms with E-state index >= 15 is 0 Å². The van der Waals surface area contributed by atoms with Crippen molar-refractivity contribution in [3.8, 4) is 0 Å². The average Bonchev–Trinajstić information content (AvgIpc) is 2.29. The summed E-state index contributed by atoms with van der Waals surface area (Å²) in [5.74, 6) is 1.53. The Labute approximate surface area is 120 Å². The van der Waals surface area contributed by atoms with Crippen LogP contribution in [0.5, 0.6) is 0 Å². The summed E-state index contributed by atoms with van der Waals surface area (Å²) >= 11 is 5.05. The highest BCUT2D eigenvalue weighted by Crippen LogP contribution is 2.44. The van der Waals surface area contributed by atoms with Crippen LogP contribution >= 0.6 is 27.7 Å². The van der Waals surface area contributed by atoms with Gasteiger partial charge in [-0.05, 0) is 45.1 Å². The molecule has 0 radical (unpaired) electrons. The molecule has 100 valence electrons. The van der Waals surface area contributed by atoms with Crippen LogP contribution in [0.15, 0.2) is 22.7 Å². The van der Waals surface area contributed by atoms with E-state index in [1.807, 2.05) is 6.07 Å². The summed E-state index contributed by atoms with van der Waals surface area (Å²) in [4.78, 5) is 0. The Balaban J connectivity index is 2.29. The molecule has 1 unspecified atom stereocenters. The molecule has 1 atom stereocenters. The van der Waals surface area contributed by atoms with Gasteiger partial charge in [0.25, 0.3) is 0 Å². The first-order valence-electron chi connectivity index (χ1n) is 6.09. The molecule has 0 amide bonds. The van der Waals surface area contributed by atoms with Gasteiger partial charge in [-0.15, -0.1) is 0 Å². The van der Waals surface area contributed by atoms with Gasteiger partial charge in [-0.2, -0.15) is 11.8 Å². The van der Waals surface area contributed by atoms with Crippen LogP contribution in [0, 0.1) is 11.2 Å². The fourth-order valence-corrected chi connectivity index (χ4v) is 4.32. The molecule has 1 aliphatic rings. The molecular formula is C14H18BrFOS. The molecule has 1 nitrogen and oxygen atoms in total. The third kappa shape index (κ3) is 2.61. The number of hydrogen-bond acceptors (Lipinski definition) is 2. The summed E-state index contributed by atoms with van der Waals surface area (Å²) in [7, 11) is 0. The van der Waals surface area contributed by atoms with Crippen molar-refractivity contribution in [1.82, 2.24) is 0 Å². The maximum atomic E-state index is 13.5. The molecule has 1 aromatic carbocycles. The van der Waals surface area contributed by atoms with Crippen LogP contribution < -0.4 is 0 Å². The Morgan fingerprint density at radius 3 is 2.83 bits per heavy atom. The molecule has 0 spiro atoms. The second-order valence-corrected chi connectivity index (χ2v) is 7.51. The molecule has 1 aromatic rings. The van der Waals surface area contributed by atoms with E-state index in [0.717, 1.165) is 17.7 Å². The summed E-state index contributed by atoms with van der Waals surface area (Å²) in [6.07, 6.45) is 1.48. The zero-order chi connectivity index (χ0) is 13.4.